The average molecular weight is 722 g/mol. The van der Waals surface area contributed by atoms with Gasteiger partial charge in [0.2, 0.25) is 0 Å². The van der Waals surface area contributed by atoms with Gasteiger partial charge < -0.3 is 0 Å². The monoisotopic (exact) mass is 722 g/mol. The van der Waals surface area contributed by atoms with Gasteiger partial charge in [-0.25, -0.2) is 0 Å². The molecule has 1 aromatic heterocycles. The van der Waals surface area contributed by atoms with Gasteiger partial charge in [-0.15, -0.1) is 0 Å². The van der Waals surface area contributed by atoms with Gasteiger partial charge in [-0.1, -0.05) is 11.4 Å². The summed E-state index contributed by atoms with van der Waals surface area (Å²) < 4.78 is 25.0. The van der Waals surface area contributed by atoms with Crippen molar-refractivity contribution in [3.8, 4) is 5.75 Å². The molecule has 2 atom stereocenters. The normalized spacial score (nSPS) is 17.4. The molecule has 2 unspecified atom stereocenters. The van der Waals surface area contributed by atoms with Crippen molar-refractivity contribution in [3.05, 3.63) is 23.5 Å². The molecule has 1 fully saturated rings. The number of halogens is 2. The molecular formula is C22H33FIN3O2Tl. The number of alkyl halides is 2. The minimum atomic E-state index is -1.37. The molecule has 5 nitrogen and oxygen atoms in total. The molecule has 0 bridgehead atoms. The third-order valence-electron chi connectivity index (χ3n) is 5.78. The van der Waals surface area contributed by atoms with Crippen LogP contribution in [0.4, 0.5) is 4.39 Å². The number of pyridine rings is 1. The number of aryl methyl sites for hydroxylation is 1. The van der Waals surface area contributed by atoms with E-state index >= 15 is 0 Å². The van der Waals surface area contributed by atoms with Crippen LogP contribution in [-0.2, 0) is 6.42 Å². The fraction of sp³-hybridized carbons (Fsp3) is 0.636. The van der Waals surface area contributed by atoms with Gasteiger partial charge in [0.25, 0.3) is 0 Å². The van der Waals surface area contributed by atoms with Crippen molar-refractivity contribution in [2.75, 3.05) is 6.61 Å². The van der Waals surface area contributed by atoms with E-state index in [1.165, 1.54) is 3.98 Å². The molecule has 0 spiro atoms. The molecule has 0 aromatic carbocycles. The fourth-order valence-electron chi connectivity index (χ4n) is 3.29. The van der Waals surface area contributed by atoms with E-state index in [0.717, 1.165) is 22.4 Å². The second-order valence-electron chi connectivity index (χ2n) is 7.97. The first-order valence-corrected chi connectivity index (χ1v) is 19.6. The number of hydrogen-bond donors (Lipinski definition) is 2. The summed E-state index contributed by atoms with van der Waals surface area (Å²) in [6, 6.07) is 1.62. The van der Waals surface area contributed by atoms with Crippen LogP contribution in [-0.4, -0.2) is 61.2 Å². The van der Waals surface area contributed by atoms with Crippen LogP contribution < -0.4 is 10.1 Å². The van der Waals surface area contributed by atoms with Crippen LogP contribution in [0, 0.1) is 11.3 Å². The molecule has 0 aliphatic heterocycles. The Morgan fingerprint density at radius 2 is 2.17 bits per heavy atom. The number of aromatic nitrogens is 1. The summed E-state index contributed by atoms with van der Waals surface area (Å²) in [5.74, 6) is 0.552. The van der Waals surface area contributed by atoms with Crippen LogP contribution in [0.2, 0.25) is 7.96 Å². The van der Waals surface area contributed by atoms with E-state index in [-0.39, 0.29) is 18.2 Å². The van der Waals surface area contributed by atoms with Gasteiger partial charge in [-0.2, -0.15) is 0 Å². The van der Waals surface area contributed by atoms with E-state index in [1.807, 2.05) is 13.8 Å². The Labute approximate surface area is 201 Å². The topological polar surface area (TPSA) is 75.1 Å². The molecule has 1 aliphatic carbocycles. The van der Waals surface area contributed by atoms with Gasteiger partial charge in [0, 0.05) is 0 Å². The first-order chi connectivity index (χ1) is 14.2. The first kappa shape index (κ1) is 25.8. The van der Waals surface area contributed by atoms with Crippen LogP contribution in [0.3, 0.4) is 0 Å². The second kappa shape index (κ2) is 11.4. The standard InChI is InChI=1S/C20H28FIN3O2.C2H5.Tl/c1-6-14-11-24-16(10-17(14)27-12-20(21,7-2)22-5)18(26)25-19(4,13(3)23)15-8-9-15;1-2;/h10-11,15,23H,3,5-9,12H2,1-2,4H3,(H,25,26);1H2,2H3;. The minimum absolute atomic E-state index is 0.0489. The van der Waals surface area contributed by atoms with Crippen molar-refractivity contribution < 1.29 is 13.9 Å². The van der Waals surface area contributed by atoms with Crippen LogP contribution in [0.15, 0.2) is 12.3 Å². The average Bonchev–Trinajstić information content (AvgIpc) is 3.61. The molecule has 1 heterocycles. The van der Waals surface area contributed by atoms with E-state index in [4.69, 9.17) is 10.1 Å². The van der Waals surface area contributed by atoms with E-state index in [1.54, 1.807) is 19.2 Å². The number of carbonyl (C=O) groups is 1. The number of nitrogens with one attached hydrogen (secondary N) is 2. The molecule has 30 heavy (non-hydrogen) atoms. The van der Waals surface area contributed by atoms with E-state index in [9.17, 15) is 9.18 Å². The molecule has 1 aromatic rings. The van der Waals surface area contributed by atoms with Gasteiger partial charge in [-0.3, -0.25) is 0 Å². The van der Waals surface area contributed by atoms with Gasteiger partial charge >= 0.3 is 192 Å². The van der Waals surface area contributed by atoms with Crippen LogP contribution in [0.1, 0.15) is 63.0 Å². The molecule has 0 radical (unpaired) electrons. The quantitative estimate of drug-likeness (QED) is 0.131. The zero-order chi connectivity index (χ0) is 22.4. The molecule has 2 N–H and O–H groups in total. The van der Waals surface area contributed by atoms with Gasteiger partial charge in [0.1, 0.15) is 0 Å². The van der Waals surface area contributed by atoms with Gasteiger partial charge in [0.05, 0.1) is 0 Å². The van der Waals surface area contributed by atoms with E-state index < -0.39 is 54.2 Å². The Bertz CT molecular complexity index is 790. The molecule has 8 heteroatoms. The fourth-order valence-corrected chi connectivity index (χ4v) is 8.10. The SMILES string of the molecule is C=IC(F)(CC)COc1cc(C(=O)NC(C)(C(=N)[CH2][Tl][CH2]C)C2CC2)ncc1CC. The molecule has 1 saturated carbocycles. The Morgan fingerprint density at radius 1 is 1.47 bits per heavy atom. The van der Waals surface area contributed by atoms with E-state index in [0.29, 0.717) is 30.2 Å². The maximum absolute atomic E-state index is 14.7. The van der Waals surface area contributed by atoms with Gasteiger partial charge in [0.15, 0.2) is 0 Å². The van der Waals surface area contributed by atoms with Crippen molar-refractivity contribution in [2.24, 2.45) is 5.92 Å². The van der Waals surface area contributed by atoms with Crippen LogP contribution in [0.25, 0.3) is 0 Å². The second-order valence-corrected chi connectivity index (χ2v) is 17.7. The van der Waals surface area contributed by atoms with Crippen molar-refractivity contribution in [2.45, 2.75) is 70.6 Å². The number of ether oxygens (including phenoxy) is 1. The summed E-state index contributed by atoms with van der Waals surface area (Å²) in [7, 11) is 0. The Balaban J connectivity index is 2.20. The zero-order valence-electron chi connectivity index (χ0n) is 18.5. The summed E-state index contributed by atoms with van der Waals surface area (Å²) in [6.07, 6.45) is 4.78. The molecule has 1 aliphatic rings. The molecule has 0 saturated heterocycles. The predicted octanol–water partition coefficient (Wildman–Crippen LogP) is 4.98. The van der Waals surface area contributed by atoms with Crippen molar-refractivity contribution in [3.63, 3.8) is 0 Å². The van der Waals surface area contributed by atoms with E-state index in [2.05, 4.69) is 21.7 Å². The molecule has 2 rings (SSSR count). The number of hydrogen-bond acceptors (Lipinski definition) is 4. The Morgan fingerprint density at radius 3 is 2.70 bits per heavy atom. The molecule has 165 valence electrons. The van der Waals surface area contributed by atoms with Crippen molar-refractivity contribution in [1.29, 1.82) is 5.41 Å². The Kier molecular flexibility index (Phi) is 9.82. The van der Waals surface area contributed by atoms with Crippen LogP contribution in [0.5, 0.6) is 5.75 Å². The van der Waals surface area contributed by atoms with Gasteiger partial charge in [-0.05, 0) is 0 Å². The summed E-state index contributed by atoms with van der Waals surface area (Å²) in [4.78, 5) is 17.4. The first-order valence-electron chi connectivity index (χ1n) is 10.6. The van der Waals surface area contributed by atoms with Crippen LogP contribution >= 0.6 is 20.7 Å². The summed E-state index contributed by atoms with van der Waals surface area (Å²) >= 11 is -1.78. The van der Waals surface area contributed by atoms with Crippen molar-refractivity contribution >= 4 is 61.1 Å². The number of nitrogens with zero attached hydrogens (tertiary/aromatic N) is 1. The predicted molar refractivity (Wildman–Crippen MR) is 132 cm³/mol. The third kappa shape index (κ3) is 6.52. The molecule has 1 amide bonds. The maximum atomic E-state index is 14.7. The number of carbonyl (C=O) groups excluding carboxylic acids is 1. The van der Waals surface area contributed by atoms with Crippen molar-refractivity contribution in [1.82, 2.24) is 10.3 Å². The molecular weight excluding hydrogens is 689 g/mol. The zero-order valence-corrected chi connectivity index (χ0v) is 25.1. The third-order valence-corrected chi connectivity index (χ3v) is 13.2. The number of amides is 1. The summed E-state index contributed by atoms with van der Waals surface area (Å²) in [5, 5.41) is 11.7. The Hall–Kier alpha value is -0.458. The summed E-state index contributed by atoms with van der Waals surface area (Å²) in [5.41, 5.74) is 1.18. The number of rotatable bonds is 13. The summed E-state index contributed by atoms with van der Waals surface area (Å²) in [6.45, 7) is 7.91.